The fourth-order valence-corrected chi connectivity index (χ4v) is 5.42. The maximum absolute atomic E-state index is 13.3. The van der Waals surface area contributed by atoms with Crippen LogP contribution in [0.1, 0.15) is 38.2 Å². The van der Waals surface area contributed by atoms with Crippen LogP contribution in [0.3, 0.4) is 0 Å². The summed E-state index contributed by atoms with van der Waals surface area (Å²) in [6, 6.07) is 11.1. The van der Waals surface area contributed by atoms with Crippen molar-refractivity contribution in [2.75, 3.05) is 39.3 Å². The summed E-state index contributed by atoms with van der Waals surface area (Å²) in [7, 11) is -3.66. The number of carbonyl (C=O) groups excluding carboxylic acids is 1. The maximum Gasteiger partial charge on any atom is 0.243 e. The number of carbonyl (C=O) groups is 1. The molecule has 186 valence electrons. The van der Waals surface area contributed by atoms with E-state index in [1.807, 2.05) is 4.90 Å². The molecule has 0 atom stereocenters. The number of rotatable bonds is 11. The Balaban J connectivity index is 1.56. The highest BCUT2D eigenvalue weighted by Gasteiger charge is 2.28. The molecule has 3 rings (SSSR count). The average Bonchev–Trinajstić information content (AvgIpc) is 2.83. The van der Waals surface area contributed by atoms with Gasteiger partial charge in [0.05, 0.1) is 4.90 Å². The molecule has 1 aliphatic rings. The van der Waals surface area contributed by atoms with Crippen LogP contribution in [0.2, 0.25) is 0 Å². The number of unbranched alkanes of at least 4 members (excludes halogenated alkanes) is 2. The quantitative estimate of drug-likeness (QED) is 0.446. The normalized spacial score (nSPS) is 15.4. The van der Waals surface area contributed by atoms with Crippen LogP contribution in [-0.2, 0) is 21.4 Å². The molecule has 0 spiro atoms. The van der Waals surface area contributed by atoms with Gasteiger partial charge >= 0.3 is 0 Å². The topological polar surface area (TPSA) is 60.9 Å². The number of piperazine rings is 1. The molecule has 6 nitrogen and oxygen atoms in total. The van der Waals surface area contributed by atoms with E-state index in [9.17, 15) is 22.0 Å². The Hall–Kier alpha value is -2.36. The molecule has 0 aromatic heterocycles. The van der Waals surface area contributed by atoms with Crippen molar-refractivity contribution in [1.82, 2.24) is 14.1 Å². The number of hydrogen-bond acceptors (Lipinski definition) is 4. The van der Waals surface area contributed by atoms with Crippen LogP contribution in [0.4, 0.5) is 8.78 Å². The van der Waals surface area contributed by atoms with Gasteiger partial charge in [-0.25, -0.2) is 17.2 Å². The average molecular weight is 494 g/mol. The van der Waals surface area contributed by atoms with E-state index in [0.717, 1.165) is 37.0 Å². The van der Waals surface area contributed by atoms with Crippen LogP contribution in [0.5, 0.6) is 0 Å². The summed E-state index contributed by atoms with van der Waals surface area (Å²) >= 11 is 0. The number of benzene rings is 2. The van der Waals surface area contributed by atoms with Gasteiger partial charge in [0.2, 0.25) is 15.9 Å². The van der Waals surface area contributed by atoms with E-state index >= 15 is 0 Å². The molecule has 2 aromatic carbocycles. The zero-order valence-electron chi connectivity index (χ0n) is 19.6. The van der Waals surface area contributed by atoms with Crippen molar-refractivity contribution < 1.29 is 22.0 Å². The third kappa shape index (κ3) is 7.32. The van der Waals surface area contributed by atoms with Gasteiger partial charge in [-0.2, -0.15) is 4.31 Å². The lowest BCUT2D eigenvalue weighted by Gasteiger charge is -2.35. The van der Waals surface area contributed by atoms with Gasteiger partial charge in [0.25, 0.3) is 0 Å². The number of halogens is 2. The monoisotopic (exact) mass is 493 g/mol. The molecule has 0 radical (unpaired) electrons. The summed E-state index contributed by atoms with van der Waals surface area (Å²) < 4.78 is 53.5. The lowest BCUT2D eigenvalue weighted by Crippen LogP contribution is -2.50. The minimum Gasteiger partial charge on any atom is -0.337 e. The minimum absolute atomic E-state index is 0.0790. The Morgan fingerprint density at radius 3 is 2.09 bits per heavy atom. The third-order valence-corrected chi connectivity index (χ3v) is 8.02. The zero-order valence-corrected chi connectivity index (χ0v) is 20.4. The van der Waals surface area contributed by atoms with E-state index < -0.39 is 15.8 Å². The largest absolute Gasteiger partial charge is 0.337 e. The predicted octanol–water partition coefficient (Wildman–Crippen LogP) is 3.88. The minimum atomic E-state index is -3.66. The summed E-state index contributed by atoms with van der Waals surface area (Å²) in [6.07, 6.45) is 3.37. The molecule has 1 saturated heterocycles. The van der Waals surface area contributed by atoms with Crippen molar-refractivity contribution >= 4 is 15.9 Å². The molecule has 0 bridgehead atoms. The lowest BCUT2D eigenvalue weighted by atomic mass is 10.1. The fraction of sp³-hybridized carbons (Fsp3) is 0.480. The molecule has 0 aliphatic carbocycles. The van der Waals surface area contributed by atoms with Gasteiger partial charge in [-0.3, -0.25) is 9.69 Å². The Bertz CT molecular complexity index is 1020. The van der Waals surface area contributed by atoms with Gasteiger partial charge in [0, 0.05) is 52.2 Å². The fourth-order valence-electron chi connectivity index (χ4n) is 4.00. The molecule has 0 unspecified atom stereocenters. The van der Waals surface area contributed by atoms with E-state index in [2.05, 4.69) is 11.8 Å². The number of hydrogen-bond donors (Lipinski definition) is 0. The van der Waals surface area contributed by atoms with E-state index in [4.69, 9.17) is 0 Å². The first-order valence-electron chi connectivity index (χ1n) is 11.8. The first-order chi connectivity index (χ1) is 16.3. The van der Waals surface area contributed by atoms with Crippen molar-refractivity contribution in [1.29, 1.82) is 0 Å². The van der Waals surface area contributed by atoms with Crippen molar-refractivity contribution in [2.45, 2.75) is 44.0 Å². The highest BCUT2D eigenvalue weighted by Crippen LogP contribution is 2.18. The molecule has 1 fully saturated rings. The second kappa shape index (κ2) is 12.4. The van der Waals surface area contributed by atoms with Crippen molar-refractivity contribution in [2.24, 2.45) is 0 Å². The van der Waals surface area contributed by atoms with Crippen molar-refractivity contribution in [3.63, 3.8) is 0 Å². The van der Waals surface area contributed by atoms with Crippen LogP contribution in [0.15, 0.2) is 53.4 Å². The van der Waals surface area contributed by atoms with Gasteiger partial charge in [0.1, 0.15) is 11.6 Å². The number of amides is 1. The summed E-state index contributed by atoms with van der Waals surface area (Å²) in [5.74, 6) is -0.702. The van der Waals surface area contributed by atoms with Gasteiger partial charge in [0.15, 0.2) is 0 Å². The zero-order chi connectivity index (χ0) is 24.6. The Labute approximate surface area is 201 Å². The second-order valence-electron chi connectivity index (χ2n) is 8.60. The van der Waals surface area contributed by atoms with E-state index in [1.165, 1.54) is 28.6 Å². The van der Waals surface area contributed by atoms with Crippen molar-refractivity contribution in [3.8, 4) is 0 Å². The molecule has 1 amide bonds. The van der Waals surface area contributed by atoms with Crippen LogP contribution in [0, 0.1) is 11.6 Å². The standard InChI is InChI=1S/C25H33F2N3O3S/c1-2-3-4-5-25(31)29(20-21-6-8-22(26)9-7-21)17-14-28-15-18-30(19-16-28)34(32,33)24-12-10-23(27)11-13-24/h6-13H,2-5,14-20H2,1H3. The number of nitrogens with zero attached hydrogens (tertiary/aromatic N) is 3. The summed E-state index contributed by atoms with van der Waals surface area (Å²) in [5.41, 5.74) is 0.875. The first-order valence-corrected chi connectivity index (χ1v) is 13.2. The van der Waals surface area contributed by atoms with Crippen LogP contribution in [0.25, 0.3) is 0 Å². The van der Waals surface area contributed by atoms with Gasteiger partial charge < -0.3 is 4.90 Å². The molecule has 1 aliphatic heterocycles. The summed E-state index contributed by atoms with van der Waals surface area (Å²) in [6.45, 7) is 5.44. The Kier molecular flexibility index (Phi) is 9.55. The Morgan fingerprint density at radius 1 is 0.912 bits per heavy atom. The summed E-state index contributed by atoms with van der Waals surface area (Å²) in [4.78, 5) is 16.9. The maximum atomic E-state index is 13.3. The molecule has 1 heterocycles. The molecule has 0 N–H and O–H groups in total. The van der Waals surface area contributed by atoms with Gasteiger partial charge in [-0.05, 0) is 48.4 Å². The van der Waals surface area contributed by atoms with E-state index in [1.54, 1.807) is 12.1 Å². The molecule has 34 heavy (non-hydrogen) atoms. The van der Waals surface area contributed by atoms with Crippen LogP contribution in [-0.4, -0.2) is 67.7 Å². The predicted molar refractivity (Wildman–Crippen MR) is 128 cm³/mol. The van der Waals surface area contributed by atoms with E-state index in [-0.39, 0.29) is 16.6 Å². The highest BCUT2D eigenvalue weighted by atomic mass is 32.2. The molecule has 0 saturated carbocycles. The van der Waals surface area contributed by atoms with Crippen LogP contribution < -0.4 is 0 Å². The first kappa shape index (κ1) is 26.2. The molecule has 9 heteroatoms. The SMILES string of the molecule is CCCCCC(=O)N(CCN1CCN(S(=O)(=O)c2ccc(F)cc2)CC1)Cc1ccc(F)cc1. The van der Waals surface area contributed by atoms with Gasteiger partial charge in [-0.15, -0.1) is 0 Å². The highest BCUT2D eigenvalue weighted by molar-refractivity contribution is 7.89. The Morgan fingerprint density at radius 2 is 1.50 bits per heavy atom. The molecule has 2 aromatic rings. The lowest BCUT2D eigenvalue weighted by molar-refractivity contribution is -0.132. The third-order valence-electron chi connectivity index (χ3n) is 6.10. The molecular formula is C25H33F2N3O3S. The molecular weight excluding hydrogens is 460 g/mol. The smallest absolute Gasteiger partial charge is 0.243 e. The number of sulfonamides is 1. The van der Waals surface area contributed by atoms with Gasteiger partial charge in [-0.1, -0.05) is 31.9 Å². The van der Waals surface area contributed by atoms with Crippen molar-refractivity contribution in [3.05, 3.63) is 65.7 Å². The van der Waals surface area contributed by atoms with Crippen LogP contribution >= 0.6 is 0 Å². The van der Waals surface area contributed by atoms with E-state index in [0.29, 0.717) is 52.2 Å². The summed E-state index contributed by atoms with van der Waals surface area (Å²) in [5, 5.41) is 0. The second-order valence-corrected chi connectivity index (χ2v) is 10.5.